The first kappa shape index (κ1) is 14.5. The van der Waals surface area contributed by atoms with Crippen molar-refractivity contribution in [2.45, 2.75) is 18.9 Å². The van der Waals surface area contributed by atoms with Gasteiger partial charge in [-0.1, -0.05) is 18.8 Å². The number of hydrogen-bond donors (Lipinski definition) is 1. The normalized spacial score (nSPS) is 32.2. The Hall–Kier alpha value is -2.39. The Kier molecular flexibility index (Phi) is 2.85. The minimum Gasteiger partial charge on any atom is -0.373 e. The number of aryl methyl sites for hydroxylation is 1. The van der Waals surface area contributed by atoms with E-state index < -0.39 is 22.3 Å². The van der Waals surface area contributed by atoms with Crippen LogP contribution in [0.25, 0.3) is 0 Å². The second kappa shape index (κ2) is 4.31. The maximum atomic E-state index is 12.0. The van der Waals surface area contributed by atoms with Crippen LogP contribution in [0.15, 0.2) is 27.9 Å². The zero-order chi connectivity index (χ0) is 16.3. The van der Waals surface area contributed by atoms with Gasteiger partial charge in [-0.25, -0.2) is 4.79 Å². The Bertz CT molecular complexity index is 895. The second-order valence-corrected chi connectivity index (χ2v) is 6.23. The Morgan fingerprint density at radius 1 is 1.32 bits per heavy atom. The highest BCUT2D eigenvalue weighted by Gasteiger charge is 2.66. The average molecular weight is 300 g/mol. The van der Waals surface area contributed by atoms with Gasteiger partial charge in [-0.05, 0) is 18.6 Å². The molecule has 2 aliphatic rings. The minimum atomic E-state index is -1.44. The third kappa shape index (κ3) is 1.82. The maximum Gasteiger partial charge on any atom is 0.330 e. The number of aromatic nitrogens is 2. The van der Waals surface area contributed by atoms with E-state index in [-0.39, 0.29) is 17.3 Å². The number of hydrogen-bond acceptors (Lipinski definition) is 4. The van der Waals surface area contributed by atoms with Crippen molar-refractivity contribution in [1.82, 2.24) is 9.13 Å². The van der Waals surface area contributed by atoms with Crippen LogP contribution in [-0.2, 0) is 18.9 Å². The summed E-state index contributed by atoms with van der Waals surface area (Å²) in [7, 11) is 2.90. The van der Waals surface area contributed by atoms with Gasteiger partial charge in [0.1, 0.15) is 5.56 Å². The molecule has 1 saturated carbocycles. The van der Waals surface area contributed by atoms with Gasteiger partial charge in [0.05, 0.1) is 0 Å². The highest BCUT2D eigenvalue weighted by Crippen LogP contribution is 2.62. The molecular weight excluding hydrogens is 284 g/mol. The molecule has 2 aliphatic carbocycles. The number of carbonyl (C=O) groups is 1. The van der Waals surface area contributed by atoms with Crippen molar-refractivity contribution in [1.29, 1.82) is 0 Å². The first-order valence-electron chi connectivity index (χ1n) is 6.95. The number of rotatable bonds is 0. The van der Waals surface area contributed by atoms with E-state index in [0.29, 0.717) is 6.42 Å². The van der Waals surface area contributed by atoms with Crippen LogP contribution < -0.4 is 11.2 Å². The van der Waals surface area contributed by atoms with Gasteiger partial charge in [0, 0.05) is 31.6 Å². The summed E-state index contributed by atoms with van der Waals surface area (Å²) in [5.41, 5.74) is -2.86. The lowest BCUT2D eigenvalue weighted by Crippen LogP contribution is -2.40. The maximum absolute atomic E-state index is 12.0. The molecule has 3 unspecified atom stereocenters. The minimum absolute atomic E-state index is 0.00648. The van der Waals surface area contributed by atoms with E-state index in [1.165, 1.54) is 37.0 Å². The fraction of sp³-hybridized carbons (Fsp3) is 0.438. The van der Waals surface area contributed by atoms with Crippen LogP contribution in [0.4, 0.5) is 0 Å². The van der Waals surface area contributed by atoms with Crippen molar-refractivity contribution >= 4 is 5.78 Å². The first-order chi connectivity index (χ1) is 10.2. The van der Waals surface area contributed by atoms with E-state index in [1.807, 2.05) is 6.92 Å². The van der Waals surface area contributed by atoms with Crippen LogP contribution in [-0.4, -0.2) is 25.6 Å². The Labute approximate surface area is 126 Å². The van der Waals surface area contributed by atoms with Crippen LogP contribution in [0.2, 0.25) is 0 Å². The standard InChI is InChI=1S/C16H16N2O4/c1-15-8-11(15)12(19)5-7-16(15,22)6-4-10-9-17(2)14(21)18(3)13(10)20/h5,7,9,11,22H,8H2,1-3H3. The molecule has 1 heterocycles. The fourth-order valence-electron chi connectivity index (χ4n) is 2.95. The van der Waals surface area contributed by atoms with Gasteiger partial charge in [0.15, 0.2) is 11.4 Å². The molecule has 0 bridgehead atoms. The molecule has 0 spiro atoms. The zero-order valence-electron chi connectivity index (χ0n) is 12.6. The van der Waals surface area contributed by atoms with E-state index in [2.05, 4.69) is 11.8 Å². The smallest absolute Gasteiger partial charge is 0.330 e. The first-order valence-corrected chi connectivity index (χ1v) is 6.95. The van der Waals surface area contributed by atoms with Crippen LogP contribution in [0.3, 0.4) is 0 Å². The molecule has 6 nitrogen and oxygen atoms in total. The number of ketones is 1. The Balaban J connectivity index is 2.08. The summed E-state index contributed by atoms with van der Waals surface area (Å²) >= 11 is 0. The predicted octanol–water partition coefficient (Wildman–Crippen LogP) is -0.668. The summed E-state index contributed by atoms with van der Waals surface area (Å²) in [6.07, 6.45) is 4.69. The molecule has 1 aromatic heterocycles. The number of carbonyl (C=O) groups excluding carboxylic acids is 1. The lowest BCUT2D eigenvalue weighted by atomic mass is 9.79. The molecule has 0 aromatic carbocycles. The number of fused-ring (bicyclic) bond motifs is 1. The molecule has 114 valence electrons. The van der Waals surface area contributed by atoms with Gasteiger partial charge in [-0.3, -0.25) is 14.2 Å². The van der Waals surface area contributed by atoms with Crippen molar-refractivity contribution in [3.05, 3.63) is 44.8 Å². The van der Waals surface area contributed by atoms with Gasteiger partial charge >= 0.3 is 5.69 Å². The molecule has 0 radical (unpaired) electrons. The lowest BCUT2D eigenvalue weighted by molar-refractivity contribution is -0.118. The Morgan fingerprint density at radius 2 is 2.00 bits per heavy atom. The topological polar surface area (TPSA) is 81.3 Å². The molecule has 22 heavy (non-hydrogen) atoms. The third-order valence-electron chi connectivity index (χ3n) is 4.77. The van der Waals surface area contributed by atoms with E-state index in [4.69, 9.17) is 0 Å². The molecule has 6 heteroatoms. The average Bonchev–Trinajstić information content (AvgIpc) is 3.19. The van der Waals surface area contributed by atoms with Crippen molar-refractivity contribution < 1.29 is 9.90 Å². The van der Waals surface area contributed by atoms with Gasteiger partial charge in [-0.15, -0.1) is 0 Å². The summed E-state index contributed by atoms with van der Waals surface area (Å²) in [6, 6.07) is 0. The van der Waals surface area contributed by atoms with E-state index in [0.717, 1.165) is 4.57 Å². The summed E-state index contributed by atoms with van der Waals surface area (Å²) in [5, 5.41) is 10.7. The van der Waals surface area contributed by atoms with Gasteiger partial charge < -0.3 is 9.67 Å². The fourth-order valence-corrected chi connectivity index (χ4v) is 2.95. The lowest BCUT2D eigenvalue weighted by Gasteiger charge is -2.29. The van der Waals surface area contributed by atoms with Crippen LogP contribution in [0.5, 0.6) is 0 Å². The number of nitrogens with zero attached hydrogens (tertiary/aromatic N) is 2. The van der Waals surface area contributed by atoms with Crippen molar-refractivity contribution in [3.8, 4) is 11.8 Å². The van der Waals surface area contributed by atoms with Gasteiger partial charge in [0.2, 0.25) is 0 Å². The predicted molar refractivity (Wildman–Crippen MR) is 79.1 cm³/mol. The quantitative estimate of drug-likeness (QED) is 0.645. The zero-order valence-corrected chi connectivity index (χ0v) is 12.6. The molecule has 1 N–H and O–H groups in total. The van der Waals surface area contributed by atoms with Crippen molar-refractivity contribution in [2.75, 3.05) is 0 Å². The third-order valence-corrected chi connectivity index (χ3v) is 4.77. The highest BCUT2D eigenvalue weighted by atomic mass is 16.3. The van der Waals surface area contributed by atoms with Crippen LogP contribution >= 0.6 is 0 Å². The summed E-state index contributed by atoms with van der Waals surface area (Å²) in [6.45, 7) is 1.81. The van der Waals surface area contributed by atoms with E-state index in [1.54, 1.807) is 0 Å². The summed E-state index contributed by atoms with van der Waals surface area (Å²) in [4.78, 5) is 35.3. The molecule has 0 aliphatic heterocycles. The van der Waals surface area contributed by atoms with Gasteiger partial charge in [0.25, 0.3) is 5.56 Å². The molecule has 3 atom stereocenters. The van der Waals surface area contributed by atoms with Crippen molar-refractivity contribution in [2.24, 2.45) is 25.4 Å². The van der Waals surface area contributed by atoms with E-state index >= 15 is 0 Å². The van der Waals surface area contributed by atoms with Crippen LogP contribution in [0.1, 0.15) is 18.9 Å². The number of allylic oxidation sites excluding steroid dienone is 1. The molecule has 0 amide bonds. The molecular formula is C16H16N2O4. The van der Waals surface area contributed by atoms with E-state index in [9.17, 15) is 19.5 Å². The molecule has 1 aromatic rings. The van der Waals surface area contributed by atoms with Crippen molar-refractivity contribution in [3.63, 3.8) is 0 Å². The monoisotopic (exact) mass is 300 g/mol. The number of aliphatic hydroxyl groups is 1. The summed E-state index contributed by atoms with van der Waals surface area (Å²) < 4.78 is 2.23. The molecule has 0 saturated heterocycles. The molecule has 3 rings (SSSR count). The Morgan fingerprint density at radius 3 is 2.68 bits per heavy atom. The highest BCUT2D eigenvalue weighted by molar-refractivity contribution is 5.97. The van der Waals surface area contributed by atoms with Gasteiger partial charge in [-0.2, -0.15) is 0 Å². The largest absolute Gasteiger partial charge is 0.373 e. The molecule has 1 fully saturated rings. The van der Waals surface area contributed by atoms with Crippen LogP contribution in [0, 0.1) is 23.2 Å². The second-order valence-electron chi connectivity index (χ2n) is 6.23. The summed E-state index contributed by atoms with van der Waals surface area (Å²) in [5.74, 6) is 5.19. The SMILES string of the molecule is Cn1cc(C#CC2(O)C=CC(=O)C3CC32C)c(=O)n(C)c1=O.